The second-order valence-corrected chi connectivity index (χ2v) is 9.26. The maximum atomic E-state index is 2.42. The third kappa shape index (κ3) is 2.50. The number of benzene rings is 5. The molecule has 7 aromatic rings. The van der Waals surface area contributed by atoms with Crippen molar-refractivity contribution in [2.75, 3.05) is 0 Å². The van der Waals surface area contributed by atoms with Gasteiger partial charge in [-0.15, -0.1) is 11.3 Å². The van der Waals surface area contributed by atoms with Gasteiger partial charge in [0.15, 0.2) is 0 Å². The highest BCUT2D eigenvalue weighted by Crippen LogP contribution is 2.42. The van der Waals surface area contributed by atoms with Crippen molar-refractivity contribution >= 4 is 53.3 Å². The molecular formula is C30H19NS. The molecule has 0 saturated heterocycles. The van der Waals surface area contributed by atoms with E-state index in [0.29, 0.717) is 0 Å². The zero-order valence-corrected chi connectivity index (χ0v) is 18.1. The lowest BCUT2D eigenvalue weighted by Gasteiger charge is -2.12. The lowest BCUT2D eigenvalue weighted by molar-refractivity contribution is 1.19. The summed E-state index contributed by atoms with van der Waals surface area (Å²) in [5, 5.41) is 5.23. The molecule has 0 atom stereocenters. The molecule has 0 saturated carbocycles. The third-order valence-corrected chi connectivity index (χ3v) is 7.61. The normalized spacial score (nSPS) is 11.8. The number of aromatic nitrogens is 1. The topological polar surface area (TPSA) is 4.93 Å². The summed E-state index contributed by atoms with van der Waals surface area (Å²) in [7, 11) is 0. The van der Waals surface area contributed by atoms with Gasteiger partial charge in [-0.3, -0.25) is 0 Å². The SMILES string of the molecule is c1ccc(-c2cc(-n3c4ccccc4c4ccccc43)cc3c2sc2ccccc23)cc1. The molecule has 32 heavy (non-hydrogen) atoms. The van der Waals surface area contributed by atoms with Gasteiger partial charge in [-0.05, 0) is 35.9 Å². The second-order valence-electron chi connectivity index (χ2n) is 8.20. The molecule has 0 unspecified atom stereocenters. The van der Waals surface area contributed by atoms with Crippen LogP contribution in [0.1, 0.15) is 0 Å². The van der Waals surface area contributed by atoms with Crippen LogP contribution in [0.3, 0.4) is 0 Å². The first-order valence-corrected chi connectivity index (χ1v) is 11.7. The van der Waals surface area contributed by atoms with Gasteiger partial charge in [0.1, 0.15) is 0 Å². The van der Waals surface area contributed by atoms with Crippen LogP contribution in [0.25, 0.3) is 58.8 Å². The fraction of sp³-hybridized carbons (Fsp3) is 0. The van der Waals surface area contributed by atoms with E-state index in [9.17, 15) is 0 Å². The van der Waals surface area contributed by atoms with E-state index in [4.69, 9.17) is 0 Å². The summed E-state index contributed by atoms with van der Waals surface area (Å²) < 4.78 is 5.10. The molecule has 0 fully saturated rings. The van der Waals surface area contributed by atoms with E-state index in [2.05, 4.69) is 120 Å². The first kappa shape index (κ1) is 17.8. The maximum absolute atomic E-state index is 2.42. The Balaban J connectivity index is 1.66. The molecule has 5 aromatic carbocycles. The van der Waals surface area contributed by atoms with Gasteiger partial charge in [0.25, 0.3) is 0 Å². The number of hydrogen-bond donors (Lipinski definition) is 0. The molecule has 0 aliphatic carbocycles. The number of nitrogens with zero attached hydrogens (tertiary/aromatic N) is 1. The van der Waals surface area contributed by atoms with Gasteiger partial charge in [0.05, 0.1) is 11.0 Å². The molecule has 0 aliphatic heterocycles. The van der Waals surface area contributed by atoms with Crippen molar-refractivity contribution in [3.8, 4) is 16.8 Å². The summed E-state index contributed by atoms with van der Waals surface area (Å²) in [6.07, 6.45) is 0. The van der Waals surface area contributed by atoms with Gasteiger partial charge in [-0.25, -0.2) is 0 Å². The van der Waals surface area contributed by atoms with Crippen molar-refractivity contribution < 1.29 is 0 Å². The Labute approximate surface area is 189 Å². The van der Waals surface area contributed by atoms with Crippen LogP contribution in [-0.2, 0) is 0 Å². The van der Waals surface area contributed by atoms with Crippen LogP contribution in [-0.4, -0.2) is 4.57 Å². The van der Waals surface area contributed by atoms with Crippen molar-refractivity contribution in [2.24, 2.45) is 0 Å². The van der Waals surface area contributed by atoms with Gasteiger partial charge >= 0.3 is 0 Å². The highest BCUT2D eigenvalue weighted by molar-refractivity contribution is 7.26. The Morgan fingerprint density at radius 3 is 1.81 bits per heavy atom. The molecular weight excluding hydrogens is 406 g/mol. The molecule has 0 aliphatic rings. The molecule has 2 heteroatoms. The standard InChI is InChI=1S/C30H19NS/c1-2-10-20(11-3-1)25-18-21(19-26-24-14-6-9-17-29(24)32-30(25)26)31-27-15-7-4-12-22(27)23-13-5-8-16-28(23)31/h1-19H. The fourth-order valence-corrected chi connectivity index (χ4v) is 6.19. The zero-order valence-electron chi connectivity index (χ0n) is 17.3. The van der Waals surface area contributed by atoms with Gasteiger partial charge in [-0.2, -0.15) is 0 Å². The predicted molar refractivity (Wildman–Crippen MR) is 139 cm³/mol. The second kappa shape index (κ2) is 6.81. The Hall–Kier alpha value is -3.88. The summed E-state index contributed by atoms with van der Waals surface area (Å²) >= 11 is 1.89. The zero-order chi connectivity index (χ0) is 21.1. The van der Waals surface area contributed by atoms with E-state index in [1.807, 2.05) is 11.3 Å². The van der Waals surface area contributed by atoms with Crippen LogP contribution in [0.15, 0.2) is 115 Å². The molecule has 1 nitrogen and oxygen atoms in total. The van der Waals surface area contributed by atoms with Crippen LogP contribution in [0.5, 0.6) is 0 Å². The van der Waals surface area contributed by atoms with E-state index < -0.39 is 0 Å². The molecule has 0 radical (unpaired) electrons. The fourth-order valence-electron chi connectivity index (χ4n) is 4.97. The summed E-state index contributed by atoms with van der Waals surface area (Å²) in [4.78, 5) is 0. The highest BCUT2D eigenvalue weighted by Gasteiger charge is 2.16. The lowest BCUT2D eigenvalue weighted by atomic mass is 10.0. The Morgan fingerprint density at radius 2 is 1.09 bits per heavy atom. The minimum Gasteiger partial charge on any atom is -0.309 e. The molecule has 0 amide bonds. The van der Waals surface area contributed by atoms with Crippen LogP contribution >= 0.6 is 11.3 Å². The van der Waals surface area contributed by atoms with E-state index in [0.717, 1.165) is 0 Å². The molecule has 150 valence electrons. The van der Waals surface area contributed by atoms with Crippen molar-refractivity contribution in [1.82, 2.24) is 4.57 Å². The molecule has 7 rings (SSSR count). The maximum Gasteiger partial charge on any atom is 0.0541 e. The van der Waals surface area contributed by atoms with E-state index in [1.54, 1.807) is 0 Å². The van der Waals surface area contributed by atoms with Crippen molar-refractivity contribution in [3.05, 3.63) is 115 Å². The largest absolute Gasteiger partial charge is 0.309 e. The Kier molecular flexibility index (Phi) is 3.78. The van der Waals surface area contributed by atoms with Gasteiger partial charge in [0, 0.05) is 42.2 Å². The molecule has 0 N–H and O–H groups in total. The molecule has 0 bridgehead atoms. The van der Waals surface area contributed by atoms with Crippen LogP contribution in [0.2, 0.25) is 0 Å². The minimum absolute atomic E-state index is 1.21. The van der Waals surface area contributed by atoms with E-state index in [1.165, 1.54) is 58.8 Å². The first-order valence-electron chi connectivity index (χ1n) is 10.9. The van der Waals surface area contributed by atoms with Crippen LogP contribution in [0, 0.1) is 0 Å². The van der Waals surface area contributed by atoms with Crippen molar-refractivity contribution in [3.63, 3.8) is 0 Å². The highest BCUT2D eigenvalue weighted by atomic mass is 32.1. The third-order valence-electron chi connectivity index (χ3n) is 6.39. The minimum atomic E-state index is 1.21. The quantitative estimate of drug-likeness (QED) is 0.261. The predicted octanol–water partition coefficient (Wildman–Crippen LogP) is 8.82. The average Bonchev–Trinajstić information content (AvgIpc) is 3.40. The van der Waals surface area contributed by atoms with Gasteiger partial charge < -0.3 is 4.57 Å². The molecule has 2 aromatic heterocycles. The van der Waals surface area contributed by atoms with Gasteiger partial charge in [-0.1, -0.05) is 84.9 Å². The van der Waals surface area contributed by atoms with Gasteiger partial charge in [0.2, 0.25) is 0 Å². The summed E-state index contributed by atoms with van der Waals surface area (Å²) in [6, 6.07) is 41.7. The number of thiophene rings is 1. The van der Waals surface area contributed by atoms with E-state index in [-0.39, 0.29) is 0 Å². The van der Waals surface area contributed by atoms with Crippen molar-refractivity contribution in [1.29, 1.82) is 0 Å². The van der Waals surface area contributed by atoms with E-state index >= 15 is 0 Å². The number of hydrogen-bond acceptors (Lipinski definition) is 1. The van der Waals surface area contributed by atoms with Crippen molar-refractivity contribution in [2.45, 2.75) is 0 Å². The number of fused-ring (bicyclic) bond motifs is 6. The first-order chi connectivity index (χ1) is 15.9. The smallest absolute Gasteiger partial charge is 0.0541 e. The number of para-hydroxylation sites is 2. The van der Waals surface area contributed by atoms with Crippen LogP contribution in [0.4, 0.5) is 0 Å². The molecule has 0 spiro atoms. The summed E-state index contributed by atoms with van der Waals surface area (Å²) in [5.41, 5.74) is 6.24. The summed E-state index contributed by atoms with van der Waals surface area (Å²) in [6.45, 7) is 0. The Morgan fingerprint density at radius 1 is 0.500 bits per heavy atom. The summed E-state index contributed by atoms with van der Waals surface area (Å²) in [5.74, 6) is 0. The monoisotopic (exact) mass is 425 g/mol. The lowest BCUT2D eigenvalue weighted by Crippen LogP contribution is -1.94. The molecule has 2 heterocycles. The Bertz CT molecular complexity index is 1720. The number of rotatable bonds is 2. The average molecular weight is 426 g/mol. The van der Waals surface area contributed by atoms with Crippen LogP contribution < -0.4 is 0 Å².